The van der Waals surface area contributed by atoms with Crippen molar-refractivity contribution in [3.05, 3.63) is 0 Å². The fourth-order valence-electron chi connectivity index (χ4n) is 0.259. The van der Waals surface area contributed by atoms with E-state index in [1.807, 2.05) is 0 Å². The minimum Gasteiger partial charge on any atom is -0.352 e. The minimum absolute atomic E-state index is 0.664. The molecule has 0 saturated carbocycles. The molecule has 5 N–H and O–H groups in total. The lowest BCUT2D eigenvalue weighted by Gasteiger charge is -1.93. The molecule has 0 spiro atoms. The van der Waals surface area contributed by atoms with E-state index in [0.717, 1.165) is 13.1 Å². The maximum atomic E-state index is 9.00. The zero-order valence-electron chi connectivity index (χ0n) is 6.15. The number of amides is 2. The van der Waals surface area contributed by atoms with Gasteiger partial charge in [0.1, 0.15) is 0 Å². The van der Waals surface area contributed by atoms with Crippen LogP contribution in [0.3, 0.4) is 0 Å². The van der Waals surface area contributed by atoms with Crippen molar-refractivity contribution >= 4 is 29.2 Å². The smallest absolute Gasteiger partial charge is 0.309 e. The maximum Gasteiger partial charge on any atom is 0.309 e. The van der Waals surface area contributed by atoms with Gasteiger partial charge in [0.25, 0.3) is 0 Å². The Balaban J connectivity index is 0. The second-order valence-electron chi connectivity index (χ2n) is 1.53. The molecular formula is C5H13Cl2N3O. The molecule has 0 rings (SSSR count). The summed E-state index contributed by atoms with van der Waals surface area (Å²) in [4.78, 5) is 9.00. The molecule has 0 radical (unpaired) electrons. The van der Waals surface area contributed by atoms with E-state index in [2.05, 4.69) is 16.8 Å². The van der Waals surface area contributed by atoms with Gasteiger partial charge in [0.05, 0.1) is 0 Å². The highest BCUT2D eigenvalue weighted by atomic mass is 35.5. The molecule has 0 aliphatic rings. The van der Waals surface area contributed by atoms with Crippen LogP contribution < -0.4 is 16.8 Å². The molecule has 0 heterocycles. The van der Waals surface area contributed by atoms with Crippen molar-refractivity contribution < 1.29 is 4.79 Å². The van der Waals surface area contributed by atoms with Crippen molar-refractivity contribution in [3.8, 4) is 0 Å². The maximum absolute atomic E-state index is 9.00. The summed E-state index contributed by atoms with van der Waals surface area (Å²) in [7, 11) is 0. The lowest BCUT2D eigenvalue weighted by Crippen LogP contribution is -2.18. The molecule has 0 unspecified atom stereocenters. The topological polar surface area (TPSA) is 81.1 Å². The van der Waals surface area contributed by atoms with Gasteiger partial charge in [-0.3, -0.25) is 0 Å². The summed E-state index contributed by atoms with van der Waals surface area (Å²) >= 11 is 10.7. The highest BCUT2D eigenvalue weighted by Crippen LogP contribution is 1.71. The molecule has 11 heavy (non-hydrogen) atoms. The Kier molecular flexibility index (Phi) is 15.2. The van der Waals surface area contributed by atoms with Crippen molar-refractivity contribution in [3.63, 3.8) is 0 Å². The Hall–Kier alpha value is -0.190. The molecule has 0 aromatic carbocycles. The fraction of sp³-hybridized carbons (Fsp3) is 0.800. The number of urea groups is 1. The zero-order valence-corrected chi connectivity index (χ0v) is 7.66. The monoisotopic (exact) mass is 201 g/mol. The number of primary amides is 2. The van der Waals surface area contributed by atoms with Crippen LogP contribution >= 0.6 is 23.2 Å². The summed E-state index contributed by atoms with van der Waals surface area (Å²) in [5.74, 6) is 1.33. The van der Waals surface area contributed by atoms with Gasteiger partial charge in [-0.15, -0.1) is 23.2 Å². The summed E-state index contributed by atoms with van der Waals surface area (Å²) in [6, 6.07) is -0.833. The summed E-state index contributed by atoms with van der Waals surface area (Å²) < 4.78 is 0. The molecule has 0 bridgehead atoms. The van der Waals surface area contributed by atoms with Gasteiger partial charge in [0.15, 0.2) is 0 Å². The van der Waals surface area contributed by atoms with Crippen molar-refractivity contribution in [2.75, 3.05) is 24.8 Å². The van der Waals surface area contributed by atoms with E-state index in [-0.39, 0.29) is 0 Å². The van der Waals surface area contributed by atoms with Crippen LogP contribution in [0, 0.1) is 0 Å². The molecule has 0 atom stereocenters. The number of carbonyl (C=O) groups excluding carboxylic acids is 1. The highest BCUT2D eigenvalue weighted by Gasteiger charge is 1.79. The number of nitrogens with two attached hydrogens (primary N) is 2. The summed E-state index contributed by atoms with van der Waals surface area (Å²) in [6.45, 7) is 1.71. The Morgan fingerprint density at radius 1 is 1.18 bits per heavy atom. The van der Waals surface area contributed by atoms with Crippen molar-refractivity contribution in [1.29, 1.82) is 0 Å². The van der Waals surface area contributed by atoms with E-state index in [1.54, 1.807) is 0 Å². The Morgan fingerprint density at radius 2 is 1.45 bits per heavy atom. The van der Waals surface area contributed by atoms with Gasteiger partial charge < -0.3 is 16.8 Å². The molecule has 0 fully saturated rings. The zero-order chi connectivity index (χ0) is 9.11. The lowest BCUT2D eigenvalue weighted by molar-refractivity contribution is 0.256. The predicted molar refractivity (Wildman–Crippen MR) is 48.1 cm³/mol. The first kappa shape index (κ1) is 13.4. The van der Waals surface area contributed by atoms with Crippen molar-refractivity contribution in [2.45, 2.75) is 0 Å². The molecule has 2 amide bonds. The van der Waals surface area contributed by atoms with E-state index in [1.165, 1.54) is 0 Å². The van der Waals surface area contributed by atoms with E-state index >= 15 is 0 Å². The summed E-state index contributed by atoms with van der Waals surface area (Å²) in [5, 5.41) is 3.02. The lowest BCUT2D eigenvalue weighted by atomic mass is 10.7. The normalized spacial score (nSPS) is 8.18. The molecule has 0 aliphatic carbocycles. The van der Waals surface area contributed by atoms with Crippen LogP contribution in [0.25, 0.3) is 0 Å². The van der Waals surface area contributed by atoms with Crippen LogP contribution in [0.1, 0.15) is 0 Å². The van der Waals surface area contributed by atoms with Gasteiger partial charge >= 0.3 is 6.03 Å². The third-order valence-electron chi connectivity index (χ3n) is 0.543. The predicted octanol–water partition coefficient (Wildman–Crippen LogP) is 0.0774. The third-order valence-corrected chi connectivity index (χ3v) is 0.921. The van der Waals surface area contributed by atoms with Crippen LogP contribution in [0.4, 0.5) is 4.79 Å². The average Bonchev–Trinajstić information content (AvgIpc) is 1.88. The first-order valence-electron chi connectivity index (χ1n) is 3.02. The van der Waals surface area contributed by atoms with E-state index < -0.39 is 6.03 Å². The molecule has 68 valence electrons. The van der Waals surface area contributed by atoms with Crippen LogP contribution in [-0.2, 0) is 0 Å². The van der Waals surface area contributed by atoms with Gasteiger partial charge in [0, 0.05) is 24.8 Å². The molecule has 6 heteroatoms. The SMILES string of the molecule is ClCCNCCCl.NC(N)=O. The number of hydrogen-bond acceptors (Lipinski definition) is 2. The van der Waals surface area contributed by atoms with E-state index in [0.29, 0.717) is 11.8 Å². The van der Waals surface area contributed by atoms with Crippen LogP contribution in [0.2, 0.25) is 0 Å². The summed E-state index contributed by atoms with van der Waals surface area (Å²) in [6.07, 6.45) is 0. The first-order chi connectivity index (χ1) is 5.15. The van der Waals surface area contributed by atoms with Crippen molar-refractivity contribution in [1.82, 2.24) is 5.32 Å². The Morgan fingerprint density at radius 3 is 1.64 bits per heavy atom. The molecular weight excluding hydrogens is 189 g/mol. The number of carbonyl (C=O) groups is 1. The van der Waals surface area contributed by atoms with Gasteiger partial charge in [-0.25, -0.2) is 4.79 Å². The van der Waals surface area contributed by atoms with Gasteiger partial charge in [-0.05, 0) is 0 Å². The number of nitrogens with one attached hydrogen (secondary N) is 1. The van der Waals surface area contributed by atoms with Crippen molar-refractivity contribution in [2.24, 2.45) is 11.5 Å². The number of rotatable bonds is 4. The fourth-order valence-corrected chi connectivity index (χ4v) is 0.526. The first-order valence-corrected chi connectivity index (χ1v) is 4.09. The van der Waals surface area contributed by atoms with Gasteiger partial charge in [-0.1, -0.05) is 0 Å². The molecule has 0 aromatic rings. The second kappa shape index (κ2) is 12.5. The number of alkyl halides is 2. The van der Waals surface area contributed by atoms with E-state index in [9.17, 15) is 0 Å². The second-order valence-corrected chi connectivity index (χ2v) is 2.29. The minimum atomic E-state index is -0.833. The summed E-state index contributed by atoms with van der Waals surface area (Å²) in [5.41, 5.74) is 8.50. The molecule has 4 nitrogen and oxygen atoms in total. The molecule has 0 saturated heterocycles. The third kappa shape index (κ3) is 41.2. The Labute approximate surface area is 76.2 Å². The van der Waals surface area contributed by atoms with Crippen LogP contribution in [0.15, 0.2) is 0 Å². The largest absolute Gasteiger partial charge is 0.352 e. The number of hydrogen-bond donors (Lipinski definition) is 3. The van der Waals surface area contributed by atoms with Crippen LogP contribution in [0.5, 0.6) is 0 Å². The molecule has 0 aliphatic heterocycles. The van der Waals surface area contributed by atoms with Crippen LogP contribution in [-0.4, -0.2) is 30.9 Å². The molecule has 0 aromatic heterocycles. The Bertz CT molecular complexity index is 83.8. The quantitative estimate of drug-likeness (QED) is 0.445. The van der Waals surface area contributed by atoms with Gasteiger partial charge in [0.2, 0.25) is 0 Å². The highest BCUT2D eigenvalue weighted by molar-refractivity contribution is 6.18. The van der Waals surface area contributed by atoms with Gasteiger partial charge in [-0.2, -0.15) is 0 Å². The number of halogens is 2. The average molecular weight is 202 g/mol. The standard InChI is InChI=1S/C4H9Cl2N.CH4N2O/c5-1-3-7-4-2-6;2-1(3)4/h7H,1-4H2;(H4,2,3,4). The van der Waals surface area contributed by atoms with E-state index in [4.69, 9.17) is 28.0 Å².